The average Bonchev–Trinajstić information content (AvgIpc) is 2.59. The van der Waals surface area contributed by atoms with Crippen LogP contribution in [-0.2, 0) is 0 Å². The normalized spacial score (nSPS) is 13.2. The van der Waals surface area contributed by atoms with E-state index < -0.39 is 7.92 Å². The summed E-state index contributed by atoms with van der Waals surface area (Å²) in [5, 5.41) is 2.60. The maximum Gasteiger partial charge on any atom is 0.0489 e. The fraction of sp³-hybridized carbons (Fsp3) is 0.600. The van der Waals surface area contributed by atoms with E-state index in [1.807, 2.05) is 0 Å². The Bertz CT molecular complexity index is 938. The maximum atomic E-state index is 7.09. The van der Waals surface area contributed by atoms with Crippen molar-refractivity contribution in [2.24, 2.45) is 0 Å². The van der Waals surface area contributed by atoms with Gasteiger partial charge in [-0.05, 0) is 74.4 Å². The van der Waals surface area contributed by atoms with Crippen LogP contribution < -0.4 is 5.30 Å². The van der Waals surface area contributed by atoms with Gasteiger partial charge in [-0.1, -0.05) is 121 Å². The molecule has 0 nitrogen and oxygen atoms in total. The first-order chi connectivity index (χ1) is 14.5. The van der Waals surface area contributed by atoms with Crippen molar-refractivity contribution in [3.63, 3.8) is 0 Å². The van der Waals surface area contributed by atoms with Gasteiger partial charge in [-0.2, -0.15) is 0 Å². The van der Waals surface area contributed by atoms with Crippen molar-refractivity contribution in [1.29, 1.82) is 0 Å². The van der Waals surface area contributed by atoms with Gasteiger partial charge in [0.05, 0.1) is 0 Å². The Balaban J connectivity index is 3.12. The van der Waals surface area contributed by atoms with Crippen molar-refractivity contribution < 1.29 is 0 Å². The minimum absolute atomic E-state index is 0.149. The van der Waals surface area contributed by atoms with Gasteiger partial charge in [0.1, 0.15) is 0 Å². The van der Waals surface area contributed by atoms with E-state index in [0.717, 1.165) is 5.02 Å². The summed E-state index contributed by atoms with van der Waals surface area (Å²) in [4.78, 5) is 0. The molecule has 0 aliphatic carbocycles. The zero-order valence-electron chi connectivity index (χ0n) is 22.9. The van der Waals surface area contributed by atoms with Crippen LogP contribution in [0.5, 0.6) is 0 Å². The zero-order chi connectivity index (χ0) is 24.8. The quantitative estimate of drug-likeness (QED) is 0.379. The van der Waals surface area contributed by atoms with E-state index in [2.05, 4.69) is 114 Å². The van der Waals surface area contributed by atoms with Crippen LogP contribution in [-0.4, -0.2) is 10.3 Å². The van der Waals surface area contributed by atoms with Crippen LogP contribution in [0.3, 0.4) is 0 Å². The predicted molar refractivity (Wildman–Crippen MR) is 150 cm³/mol. The summed E-state index contributed by atoms with van der Waals surface area (Å²) in [7, 11) is -0.528. The lowest BCUT2D eigenvalue weighted by molar-refractivity contribution is 0.715. The molecule has 0 fully saturated rings. The first kappa shape index (κ1) is 27.4. The molecule has 0 bridgehead atoms. The van der Waals surface area contributed by atoms with Gasteiger partial charge in [0.25, 0.3) is 0 Å². The van der Waals surface area contributed by atoms with E-state index in [9.17, 15) is 0 Å². The molecule has 178 valence electrons. The second-order valence-electron chi connectivity index (χ2n) is 12.2. The number of hydrogen-bond acceptors (Lipinski definition) is 0. The molecule has 0 saturated heterocycles. The third-order valence-electron chi connectivity index (χ3n) is 6.35. The molecule has 2 aromatic carbocycles. The van der Waals surface area contributed by atoms with E-state index in [4.69, 9.17) is 11.6 Å². The van der Waals surface area contributed by atoms with E-state index in [1.54, 1.807) is 0 Å². The predicted octanol–water partition coefficient (Wildman–Crippen LogP) is 10.4. The molecule has 0 amide bonds. The van der Waals surface area contributed by atoms with Gasteiger partial charge in [-0.15, -0.1) is 0 Å². The second-order valence-corrected chi connectivity index (χ2v) is 16.5. The molecule has 0 aromatic heterocycles. The molecule has 0 saturated carbocycles. The summed E-state index contributed by atoms with van der Waals surface area (Å²) in [6, 6.07) is 9.09. The first-order valence-electron chi connectivity index (χ1n) is 12.3. The Hall–Kier alpha value is -0.840. The lowest BCUT2D eigenvalue weighted by atomic mass is 9.78. The van der Waals surface area contributed by atoms with Crippen LogP contribution >= 0.6 is 19.5 Å². The molecule has 2 rings (SSSR count). The standard InChI is InChI=1S/C30H46ClP/c1-18(2)23-17-24(19(3)4)27(26(20(5)6)21(23)7)22-15-14-16-25(31)28(22)32(29(8,9)10)30(11,12)13/h14-20H,1-13H3. The van der Waals surface area contributed by atoms with Crippen LogP contribution in [0.1, 0.15) is 123 Å². The molecule has 2 heteroatoms. The molecule has 0 N–H and O–H groups in total. The second kappa shape index (κ2) is 9.80. The highest BCUT2D eigenvalue weighted by atomic mass is 35.5. The zero-order valence-corrected chi connectivity index (χ0v) is 24.5. The Labute approximate surface area is 205 Å². The van der Waals surface area contributed by atoms with Gasteiger partial charge >= 0.3 is 0 Å². The van der Waals surface area contributed by atoms with Crippen LogP contribution in [0, 0.1) is 6.92 Å². The van der Waals surface area contributed by atoms with Gasteiger partial charge in [0.15, 0.2) is 0 Å². The van der Waals surface area contributed by atoms with Crippen molar-refractivity contribution in [3.05, 3.63) is 51.5 Å². The van der Waals surface area contributed by atoms with Crippen LogP contribution in [0.2, 0.25) is 5.02 Å². The van der Waals surface area contributed by atoms with E-state index in [-0.39, 0.29) is 10.3 Å². The van der Waals surface area contributed by atoms with Crippen molar-refractivity contribution in [2.75, 3.05) is 0 Å². The highest BCUT2D eigenvalue weighted by molar-refractivity contribution is 7.69. The summed E-state index contributed by atoms with van der Waals surface area (Å²) in [6.45, 7) is 30.7. The summed E-state index contributed by atoms with van der Waals surface area (Å²) in [5.74, 6) is 1.41. The molecule has 0 aliphatic rings. The van der Waals surface area contributed by atoms with Gasteiger partial charge in [0.2, 0.25) is 0 Å². The largest absolute Gasteiger partial charge is 0.0836 e. The average molecular weight is 473 g/mol. The minimum atomic E-state index is -0.528. The first-order valence-corrected chi connectivity index (χ1v) is 14.0. The molecule has 2 aromatic rings. The fourth-order valence-electron chi connectivity index (χ4n) is 5.55. The number of hydrogen-bond donors (Lipinski definition) is 0. The number of halogens is 1. The smallest absolute Gasteiger partial charge is 0.0489 e. The van der Waals surface area contributed by atoms with E-state index >= 15 is 0 Å². The van der Waals surface area contributed by atoms with Crippen LogP contribution in [0.4, 0.5) is 0 Å². The van der Waals surface area contributed by atoms with Gasteiger partial charge in [0, 0.05) is 10.3 Å². The minimum Gasteiger partial charge on any atom is -0.0836 e. The highest BCUT2D eigenvalue weighted by Gasteiger charge is 2.39. The third kappa shape index (κ3) is 5.45. The molecule has 0 radical (unpaired) electrons. The van der Waals surface area contributed by atoms with Crippen molar-refractivity contribution >= 4 is 24.8 Å². The monoisotopic (exact) mass is 472 g/mol. The van der Waals surface area contributed by atoms with Crippen molar-refractivity contribution in [1.82, 2.24) is 0 Å². The van der Waals surface area contributed by atoms with Gasteiger partial charge in [-0.3, -0.25) is 0 Å². The number of benzene rings is 2. The Kier molecular flexibility index (Phi) is 8.39. The molecule has 0 spiro atoms. The molecule has 0 heterocycles. The van der Waals surface area contributed by atoms with E-state index in [0.29, 0.717) is 17.8 Å². The van der Waals surface area contributed by atoms with Gasteiger partial charge in [-0.25, -0.2) is 0 Å². The SMILES string of the molecule is Cc1c(C(C)C)cc(C(C)C)c(-c2cccc(Cl)c2P(C(C)(C)C)C(C)(C)C)c1C(C)C. The summed E-state index contributed by atoms with van der Waals surface area (Å²) < 4.78 is 0. The topological polar surface area (TPSA) is 0 Å². The Morgan fingerprint density at radius 2 is 1.25 bits per heavy atom. The van der Waals surface area contributed by atoms with Crippen molar-refractivity contribution in [3.8, 4) is 11.1 Å². The van der Waals surface area contributed by atoms with Gasteiger partial charge < -0.3 is 0 Å². The molecular formula is C30H46ClP. The molecule has 0 unspecified atom stereocenters. The fourth-order valence-corrected chi connectivity index (χ4v) is 10.0. The van der Waals surface area contributed by atoms with E-state index in [1.165, 1.54) is 38.7 Å². The molecule has 32 heavy (non-hydrogen) atoms. The summed E-state index contributed by atoms with van der Waals surface area (Å²) in [6.07, 6.45) is 0. The Morgan fingerprint density at radius 1 is 0.750 bits per heavy atom. The maximum absolute atomic E-state index is 7.09. The van der Waals surface area contributed by atoms with Crippen LogP contribution in [0.25, 0.3) is 11.1 Å². The highest BCUT2D eigenvalue weighted by Crippen LogP contribution is 2.61. The molecular weight excluding hydrogens is 427 g/mol. The Morgan fingerprint density at radius 3 is 1.66 bits per heavy atom. The molecule has 0 atom stereocenters. The summed E-state index contributed by atoms with van der Waals surface area (Å²) >= 11 is 7.09. The lowest BCUT2D eigenvalue weighted by Crippen LogP contribution is -2.32. The lowest BCUT2D eigenvalue weighted by Gasteiger charge is -2.43. The molecule has 0 aliphatic heterocycles. The summed E-state index contributed by atoms with van der Waals surface area (Å²) in [5.41, 5.74) is 8.70. The third-order valence-corrected chi connectivity index (χ3v) is 10.4. The number of rotatable bonds is 5. The van der Waals surface area contributed by atoms with Crippen LogP contribution in [0.15, 0.2) is 24.3 Å². The van der Waals surface area contributed by atoms with Crippen molar-refractivity contribution in [2.45, 2.75) is 118 Å².